The van der Waals surface area contributed by atoms with Crippen LogP contribution in [0.3, 0.4) is 0 Å². The number of ether oxygens (including phenoxy) is 2. The van der Waals surface area contributed by atoms with Gasteiger partial charge in [0.15, 0.2) is 0 Å². The van der Waals surface area contributed by atoms with Gasteiger partial charge in [0.05, 0.1) is 36.3 Å². The molecule has 0 saturated heterocycles. The molecule has 0 saturated carbocycles. The molecular formula is C68H112O8Sn. The van der Waals surface area contributed by atoms with E-state index < -0.39 is 23.9 Å². The third-order valence-corrected chi connectivity index (χ3v) is 13.2. The second kappa shape index (κ2) is 63.4. The maximum Gasteiger partial charge on any atom is 2.00 e. The van der Waals surface area contributed by atoms with E-state index in [0.29, 0.717) is 13.2 Å². The number of carboxylic acids is 2. The Hall–Kier alpha value is -3.40. The predicted molar refractivity (Wildman–Crippen MR) is 324 cm³/mol. The van der Waals surface area contributed by atoms with Gasteiger partial charge in [-0.25, -0.2) is 9.59 Å². The quantitative estimate of drug-likeness (QED) is 0.0277. The van der Waals surface area contributed by atoms with Gasteiger partial charge in [-0.2, -0.15) is 0 Å². The van der Waals surface area contributed by atoms with E-state index in [1.165, 1.54) is 230 Å². The molecule has 77 heavy (non-hydrogen) atoms. The van der Waals surface area contributed by atoms with Gasteiger partial charge in [-0.1, -0.05) is 295 Å². The number of benzene rings is 2. The van der Waals surface area contributed by atoms with Crippen molar-refractivity contribution in [2.75, 3.05) is 13.2 Å². The third-order valence-electron chi connectivity index (χ3n) is 13.2. The molecule has 0 unspecified atom stereocenters. The van der Waals surface area contributed by atoms with Crippen molar-refractivity contribution in [3.05, 3.63) is 109 Å². The largest absolute Gasteiger partial charge is 2.00 e. The summed E-state index contributed by atoms with van der Waals surface area (Å²) in [4.78, 5) is 46.1. The molecule has 2 aromatic rings. The van der Waals surface area contributed by atoms with E-state index in [9.17, 15) is 29.4 Å². The van der Waals surface area contributed by atoms with Crippen molar-refractivity contribution in [2.45, 2.75) is 285 Å². The van der Waals surface area contributed by atoms with Crippen LogP contribution in [0.15, 0.2) is 72.8 Å². The molecule has 0 heterocycles. The molecule has 4 radical (unpaired) electrons. The van der Waals surface area contributed by atoms with Crippen molar-refractivity contribution in [2.24, 2.45) is 0 Å². The second-order valence-electron chi connectivity index (χ2n) is 20.3. The number of rotatable bonds is 46. The summed E-state index contributed by atoms with van der Waals surface area (Å²) in [6.07, 6.45) is 59.6. The number of carbonyl (C=O) groups is 4. The number of carboxylic acid groups (broad SMARTS) is 2. The van der Waals surface area contributed by atoms with Crippen LogP contribution in [0.1, 0.15) is 326 Å². The molecule has 9 heteroatoms. The van der Waals surface area contributed by atoms with E-state index >= 15 is 0 Å². The van der Waals surface area contributed by atoms with Crippen LogP contribution in [0, 0.1) is 13.8 Å². The van der Waals surface area contributed by atoms with Gasteiger partial charge in [-0.05, 0) is 76.3 Å². The summed E-state index contributed by atoms with van der Waals surface area (Å²) in [6, 6.07) is 12.0. The number of unbranched alkanes of at least 4 members (excludes halogenated alkanes) is 34. The molecule has 0 aliphatic heterocycles. The summed E-state index contributed by atoms with van der Waals surface area (Å²) in [5.74, 6) is -3.91. The Balaban J connectivity index is -0.00000109. The molecule has 0 atom stereocenters. The van der Waals surface area contributed by atoms with Crippen molar-refractivity contribution < 1.29 is 38.9 Å². The number of aromatic carboxylic acids is 2. The average Bonchev–Trinajstić information content (AvgIpc) is 3.43. The monoisotopic (exact) mass is 1180 g/mol. The smallest absolute Gasteiger partial charge is 0.545 e. The molecule has 0 fully saturated rings. The first-order chi connectivity index (χ1) is 37.2. The molecule has 0 N–H and O–H groups in total. The van der Waals surface area contributed by atoms with E-state index in [-0.39, 0.29) is 46.2 Å². The van der Waals surface area contributed by atoms with Gasteiger partial charge in [0, 0.05) is 11.1 Å². The van der Waals surface area contributed by atoms with Crippen LogP contribution < -0.4 is 10.2 Å². The van der Waals surface area contributed by atoms with Crippen molar-refractivity contribution in [3.63, 3.8) is 0 Å². The minimum Gasteiger partial charge on any atom is -0.545 e. The Morgan fingerprint density at radius 2 is 0.571 bits per heavy atom. The normalized spacial score (nSPS) is 10.7. The summed E-state index contributed by atoms with van der Waals surface area (Å²) < 4.78 is 10.4. The zero-order valence-electron chi connectivity index (χ0n) is 49.8. The second-order valence-corrected chi connectivity index (χ2v) is 20.3. The maximum absolute atomic E-state index is 12.0. The van der Waals surface area contributed by atoms with Crippen molar-refractivity contribution in [3.8, 4) is 0 Å². The van der Waals surface area contributed by atoms with E-state index in [1.807, 2.05) is 0 Å². The van der Waals surface area contributed by atoms with Gasteiger partial charge < -0.3 is 29.3 Å². The Bertz CT molecular complexity index is 1540. The van der Waals surface area contributed by atoms with E-state index in [0.717, 1.165) is 51.4 Å². The van der Waals surface area contributed by atoms with E-state index in [2.05, 4.69) is 65.8 Å². The summed E-state index contributed by atoms with van der Waals surface area (Å²) in [6.45, 7) is 17.2. The van der Waals surface area contributed by atoms with Crippen LogP contribution in [0.4, 0.5) is 0 Å². The summed E-state index contributed by atoms with van der Waals surface area (Å²) in [5, 5.41) is 22.1. The minimum absolute atomic E-state index is 0. The molecule has 0 aliphatic rings. The molecule has 0 spiro atoms. The van der Waals surface area contributed by atoms with Gasteiger partial charge >= 0.3 is 35.8 Å². The van der Waals surface area contributed by atoms with Crippen LogP contribution >= 0.6 is 0 Å². The molecule has 2 aromatic carbocycles. The Labute approximate surface area is 490 Å². The maximum atomic E-state index is 12.0. The van der Waals surface area contributed by atoms with Crippen molar-refractivity contribution in [1.82, 2.24) is 0 Å². The van der Waals surface area contributed by atoms with Crippen LogP contribution in [-0.2, 0) is 9.47 Å². The zero-order valence-corrected chi connectivity index (χ0v) is 52.7. The number of hydrogen-bond acceptors (Lipinski definition) is 8. The summed E-state index contributed by atoms with van der Waals surface area (Å²) >= 11 is 0. The molecule has 8 nitrogen and oxygen atoms in total. The Kier molecular flexibility index (Phi) is 64.1. The van der Waals surface area contributed by atoms with Gasteiger partial charge in [-0.3, -0.25) is 0 Å². The molecular weight excluding hydrogens is 1060 g/mol. The van der Waals surface area contributed by atoms with Crippen LogP contribution in [-0.4, -0.2) is 61.0 Å². The first-order valence-corrected chi connectivity index (χ1v) is 31.0. The predicted octanol–water partition coefficient (Wildman–Crippen LogP) is 18.5. The van der Waals surface area contributed by atoms with Crippen LogP contribution in [0.2, 0.25) is 0 Å². The van der Waals surface area contributed by atoms with Gasteiger partial charge in [0.25, 0.3) is 0 Å². The zero-order chi connectivity index (χ0) is 56.2. The molecule has 436 valence electrons. The molecule has 0 bridgehead atoms. The Morgan fingerprint density at radius 3 is 0.818 bits per heavy atom. The average molecular weight is 1180 g/mol. The van der Waals surface area contributed by atoms with Crippen molar-refractivity contribution in [1.29, 1.82) is 0 Å². The number of allylic oxidation sites excluding steroid dienone is 4. The number of hydrogen-bond donors (Lipinski definition) is 0. The van der Waals surface area contributed by atoms with Gasteiger partial charge in [-0.15, -0.1) is 0 Å². The topological polar surface area (TPSA) is 133 Å². The van der Waals surface area contributed by atoms with Gasteiger partial charge in [0.2, 0.25) is 0 Å². The standard InChI is InChI=1S/2C26H40O4.2C8H17.Sn/c2*1-2-3-4-5-6-7-8-9-10-11-12-13-14-15-16-19-22-30-26(29)24-21-18-17-20-23(24)25(27)28;2*1-3-5-7-8-6-4-2;/h2*8-9,17-18,20-21H,2-7,10-16,19,22H2,1H3,(H,27,28);2*1,3-8H2,2H3;/q;;;;+2/p-2/b2*9-8+;;;. The number of carbonyl (C=O) groups excluding carboxylic acids is 4. The summed E-state index contributed by atoms with van der Waals surface area (Å²) in [7, 11) is 0. The van der Waals surface area contributed by atoms with E-state index in [4.69, 9.17) is 9.47 Å². The summed E-state index contributed by atoms with van der Waals surface area (Å²) in [5.41, 5.74) is -0.125. The fourth-order valence-electron chi connectivity index (χ4n) is 8.42. The SMILES string of the molecule is CCCCCCC/C=C/CCCCCCCCCOC(=O)c1ccccc1C(=O)[O-].CCCCCCC/C=C/CCCCCCCCCOC(=O)c1ccccc1C(=O)[O-].[CH2]CCCCCCC.[CH2]CCCCCCC.[Sn+2]. The first-order valence-electron chi connectivity index (χ1n) is 31.0. The van der Waals surface area contributed by atoms with Crippen molar-refractivity contribution >= 4 is 47.8 Å². The fraction of sp³-hybridized carbons (Fsp3) is 0.676. The molecule has 0 amide bonds. The van der Waals surface area contributed by atoms with E-state index in [1.54, 1.807) is 24.3 Å². The number of esters is 2. The molecule has 2 rings (SSSR count). The minimum atomic E-state index is -1.36. The first kappa shape index (κ1) is 77.8. The van der Waals surface area contributed by atoms with Crippen LogP contribution in [0.5, 0.6) is 0 Å². The Morgan fingerprint density at radius 1 is 0.351 bits per heavy atom. The van der Waals surface area contributed by atoms with Gasteiger partial charge in [0.1, 0.15) is 0 Å². The molecule has 0 aliphatic carbocycles. The fourth-order valence-corrected chi connectivity index (χ4v) is 8.42. The molecule has 0 aromatic heterocycles. The third kappa shape index (κ3) is 53.0. The van der Waals surface area contributed by atoms with Crippen LogP contribution in [0.25, 0.3) is 0 Å².